The quantitative estimate of drug-likeness (QED) is 0.499. The lowest BCUT2D eigenvalue weighted by atomic mass is 10.1. The second-order valence-electron chi connectivity index (χ2n) is 3.23. The number of aliphatic carboxylic acids is 1. The molecule has 0 aromatic heterocycles. The lowest BCUT2D eigenvalue weighted by Gasteiger charge is -2.06. The third kappa shape index (κ3) is 2.67. The van der Waals surface area contributed by atoms with Crippen molar-refractivity contribution in [3.05, 3.63) is 33.9 Å². The molecule has 7 nitrogen and oxygen atoms in total. The third-order valence-electron chi connectivity index (χ3n) is 2.01. The molecule has 0 aliphatic carbocycles. The highest BCUT2D eigenvalue weighted by atomic mass is 16.6. The number of hydrogen-bond donors (Lipinski definition) is 3. The van der Waals surface area contributed by atoms with Gasteiger partial charge in [0.15, 0.2) is 5.75 Å². The Kier molecular flexibility index (Phi) is 3.41. The van der Waals surface area contributed by atoms with Crippen LogP contribution in [-0.2, 0) is 11.2 Å². The number of aromatic hydroxyl groups is 1. The number of carbonyl (C=O) groups is 1. The number of benzene rings is 1. The highest BCUT2D eigenvalue weighted by molar-refractivity contribution is 5.73. The molecule has 0 unspecified atom stereocenters. The van der Waals surface area contributed by atoms with Crippen molar-refractivity contribution in [2.45, 2.75) is 12.5 Å². The van der Waals surface area contributed by atoms with Gasteiger partial charge < -0.3 is 15.9 Å². The van der Waals surface area contributed by atoms with Crippen molar-refractivity contribution in [2.24, 2.45) is 5.73 Å². The van der Waals surface area contributed by atoms with Crippen molar-refractivity contribution in [2.75, 3.05) is 0 Å². The maximum absolute atomic E-state index is 10.5. The summed E-state index contributed by atoms with van der Waals surface area (Å²) >= 11 is 0. The van der Waals surface area contributed by atoms with E-state index in [0.717, 1.165) is 12.1 Å². The summed E-state index contributed by atoms with van der Waals surface area (Å²) in [6, 6.07) is 2.52. The number of phenolic OH excluding ortho intramolecular Hbond substituents is 1. The summed E-state index contributed by atoms with van der Waals surface area (Å²) < 4.78 is 0. The summed E-state index contributed by atoms with van der Waals surface area (Å²) in [6.45, 7) is 0. The summed E-state index contributed by atoms with van der Waals surface area (Å²) in [7, 11) is 0. The standard InChI is InChI=1S/C9H10N2O5/c10-6(9(13)14)3-5-1-2-8(12)7(4-5)11(15)16/h1-2,4,6,12H,3,10H2,(H,13,14)/t6-/m1/s1. The maximum Gasteiger partial charge on any atom is 0.320 e. The largest absolute Gasteiger partial charge is 0.502 e. The Bertz CT molecular complexity index is 432. The molecule has 1 atom stereocenters. The number of nitrogens with two attached hydrogens (primary N) is 1. The van der Waals surface area contributed by atoms with Gasteiger partial charge in [0.1, 0.15) is 6.04 Å². The number of phenols is 1. The molecular weight excluding hydrogens is 216 g/mol. The number of nitro groups is 1. The predicted molar refractivity (Wildman–Crippen MR) is 54.1 cm³/mol. The average Bonchev–Trinajstić information content (AvgIpc) is 2.20. The van der Waals surface area contributed by atoms with Gasteiger partial charge in [-0.2, -0.15) is 0 Å². The van der Waals surface area contributed by atoms with E-state index in [-0.39, 0.29) is 6.42 Å². The molecular formula is C9H10N2O5. The van der Waals surface area contributed by atoms with Crippen LogP contribution in [-0.4, -0.2) is 27.1 Å². The smallest absolute Gasteiger partial charge is 0.320 e. The van der Waals surface area contributed by atoms with Crippen LogP contribution in [0.15, 0.2) is 18.2 Å². The fourth-order valence-electron chi connectivity index (χ4n) is 1.18. The first-order valence-corrected chi connectivity index (χ1v) is 4.36. The van der Waals surface area contributed by atoms with Crippen LogP contribution in [0.5, 0.6) is 5.75 Å². The van der Waals surface area contributed by atoms with E-state index in [2.05, 4.69) is 0 Å². The van der Waals surface area contributed by atoms with E-state index in [1.165, 1.54) is 6.07 Å². The van der Waals surface area contributed by atoms with Crippen LogP contribution < -0.4 is 5.73 Å². The van der Waals surface area contributed by atoms with Gasteiger partial charge in [0.05, 0.1) is 4.92 Å². The number of carboxylic acids is 1. The molecule has 0 radical (unpaired) electrons. The lowest BCUT2D eigenvalue weighted by molar-refractivity contribution is -0.385. The summed E-state index contributed by atoms with van der Waals surface area (Å²) in [4.78, 5) is 20.2. The Morgan fingerprint density at radius 2 is 2.19 bits per heavy atom. The van der Waals surface area contributed by atoms with E-state index in [1.54, 1.807) is 0 Å². The zero-order chi connectivity index (χ0) is 12.3. The molecule has 7 heteroatoms. The molecule has 0 heterocycles. The van der Waals surface area contributed by atoms with Crippen molar-refractivity contribution in [3.63, 3.8) is 0 Å². The molecule has 1 rings (SSSR count). The van der Waals surface area contributed by atoms with Crippen LogP contribution in [0.3, 0.4) is 0 Å². The minimum atomic E-state index is -1.18. The Labute approximate surface area is 90.3 Å². The average molecular weight is 226 g/mol. The molecule has 0 saturated carbocycles. The number of rotatable bonds is 4. The van der Waals surface area contributed by atoms with Crippen LogP contribution in [0, 0.1) is 10.1 Å². The van der Waals surface area contributed by atoms with E-state index in [0.29, 0.717) is 5.56 Å². The minimum Gasteiger partial charge on any atom is -0.502 e. The van der Waals surface area contributed by atoms with Gasteiger partial charge in [0.25, 0.3) is 0 Å². The zero-order valence-electron chi connectivity index (χ0n) is 8.16. The molecule has 0 fully saturated rings. The van der Waals surface area contributed by atoms with Crippen LogP contribution in [0.2, 0.25) is 0 Å². The van der Waals surface area contributed by atoms with E-state index in [1.807, 2.05) is 0 Å². The molecule has 0 aliphatic heterocycles. The number of carboxylic acid groups (broad SMARTS) is 1. The Balaban J connectivity index is 2.95. The van der Waals surface area contributed by atoms with E-state index < -0.39 is 28.4 Å². The van der Waals surface area contributed by atoms with Crippen molar-refractivity contribution in [1.29, 1.82) is 0 Å². The highest BCUT2D eigenvalue weighted by Crippen LogP contribution is 2.26. The zero-order valence-corrected chi connectivity index (χ0v) is 8.16. The van der Waals surface area contributed by atoms with Crippen molar-refractivity contribution < 1.29 is 19.9 Å². The third-order valence-corrected chi connectivity index (χ3v) is 2.01. The molecule has 4 N–H and O–H groups in total. The summed E-state index contributed by atoms with van der Waals surface area (Å²) in [5.41, 5.74) is 5.21. The normalized spacial score (nSPS) is 12.1. The van der Waals surface area contributed by atoms with Gasteiger partial charge >= 0.3 is 11.7 Å². The first-order valence-electron chi connectivity index (χ1n) is 4.36. The Morgan fingerprint density at radius 1 is 1.56 bits per heavy atom. The van der Waals surface area contributed by atoms with E-state index in [9.17, 15) is 14.9 Å². The van der Waals surface area contributed by atoms with Crippen LogP contribution >= 0.6 is 0 Å². The molecule has 1 aromatic carbocycles. The number of nitro benzene ring substituents is 1. The second-order valence-corrected chi connectivity index (χ2v) is 3.23. The fraction of sp³-hybridized carbons (Fsp3) is 0.222. The van der Waals surface area contributed by atoms with Gasteiger partial charge in [-0.1, -0.05) is 6.07 Å². The van der Waals surface area contributed by atoms with Gasteiger partial charge in [-0.15, -0.1) is 0 Å². The van der Waals surface area contributed by atoms with Crippen LogP contribution in [0.1, 0.15) is 5.56 Å². The van der Waals surface area contributed by atoms with Gasteiger partial charge in [0, 0.05) is 6.07 Å². The van der Waals surface area contributed by atoms with Crippen molar-refractivity contribution in [1.82, 2.24) is 0 Å². The molecule has 0 amide bonds. The highest BCUT2D eigenvalue weighted by Gasteiger charge is 2.17. The Morgan fingerprint density at radius 3 is 2.69 bits per heavy atom. The van der Waals surface area contributed by atoms with Gasteiger partial charge in [-0.05, 0) is 18.1 Å². The molecule has 16 heavy (non-hydrogen) atoms. The fourth-order valence-corrected chi connectivity index (χ4v) is 1.18. The molecule has 0 spiro atoms. The van der Waals surface area contributed by atoms with Gasteiger partial charge in [0.2, 0.25) is 0 Å². The Hall–Kier alpha value is -2.15. The van der Waals surface area contributed by atoms with Gasteiger partial charge in [-0.25, -0.2) is 0 Å². The molecule has 0 bridgehead atoms. The molecule has 1 aromatic rings. The van der Waals surface area contributed by atoms with Crippen LogP contribution in [0.25, 0.3) is 0 Å². The maximum atomic E-state index is 10.5. The predicted octanol–water partition coefficient (Wildman–Crippen LogP) is 0.255. The monoisotopic (exact) mass is 226 g/mol. The first kappa shape index (κ1) is 11.9. The van der Waals surface area contributed by atoms with Crippen molar-refractivity contribution >= 4 is 11.7 Å². The lowest BCUT2D eigenvalue weighted by Crippen LogP contribution is -2.32. The summed E-state index contributed by atoms with van der Waals surface area (Å²) in [6.07, 6.45) is -0.0313. The SMILES string of the molecule is N[C@H](Cc1ccc(O)c([N+](=O)[O-])c1)C(=O)O. The molecule has 0 aliphatic rings. The van der Waals surface area contributed by atoms with Crippen LogP contribution in [0.4, 0.5) is 5.69 Å². The van der Waals surface area contributed by atoms with E-state index >= 15 is 0 Å². The summed E-state index contributed by atoms with van der Waals surface area (Å²) in [5, 5.41) is 28.2. The van der Waals surface area contributed by atoms with Gasteiger partial charge in [-0.3, -0.25) is 14.9 Å². The number of nitrogens with zero attached hydrogens (tertiary/aromatic N) is 1. The minimum absolute atomic E-state index is 0.0313. The van der Waals surface area contributed by atoms with Crippen molar-refractivity contribution in [3.8, 4) is 5.75 Å². The second kappa shape index (κ2) is 4.58. The topological polar surface area (TPSA) is 127 Å². The first-order chi connectivity index (χ1) is 7.41. The number of hydrogen-bond acceptors (Lipinski definition) is 5. The molecule has 86 valence electrons. The molecule has 0 saturated heterocycles. The summed E-state index contributed by atoms with van der Waals surface area (Å²) in [5.74, 6) is -1.65. The van der Waals surface area contributed by atoms with E-state index in [4.69, 9.17) is 15.9 Å².